The van der Waals surface area contributed by atoms with E-state index in [1.807, 2.05) is 0 Å². The third-order valence-electron chi connectivity index (χ3n) is 5.78. The van der Waals surface area contributed by atoms with Gasteiger partial charge in [-0.25, -0.2) is 0 Å². The number of hydrogen-bond acceptors (Lipinski definition) is 0. The second-order valence-electron chi connectivity index (χ2n) is 7.02. The van der Waals surface area contributed by atoms with Crippen LogP contribution in [0.25, 0.3) is 0 Å². The van der Waals surface area contributed by atoms with Gasteiger partial charge in [-0.05, 0) is 39.8 Å². The first-order chi connectivity index (χ1) is 11.5. The summed E-state index contributed by atoms with van der Waals surface area (Å²) in [4.78, 5) is 0. The van der Waals surface area contributed by atoms with E-state index in [2.05, 4.69) is 77.3 Å². The Hall–Kier alpha value is -0.900. The second-order valence-corrected chi connectivity index (χ2v) is 7.02. The van der Waals surface area contributed by atoms with Gasteiger partial charge in [-0.2, -0.15) is 0 Å². The van der Waals surface area contributed by atoms with E-state index in [1.54, 1.807) is 0 Å². The molecule has 0 atom stereocenters. The molecule has 0 spiro atoms. The molecule has 25 heavy (non-hydrogen) atoms. The number of benzene rings is 1. The minimum absolute atomic E-state index is 0. The molecular formula is C22H38BrN2+. The van der Waals surface area contributed by atoms with Gasteiger partial charge in [0.25, 0.3) is 0 Å². The van der Waals surface area contributed by atoms with Crippen molar-refractivity contribution in [2.75, 3.05) is 39.3 Å². The molecular weight excluding hydrogens is 372 g/mol. The Kier molecular flexibility index (Phi) is 11.2. The van der Waals surface area contributed by atoms with Crippen LogP contribution in [0.1, 0.15) is 38.8 Å². The molecule has 2 nitrogen and oxygen atoms in total. The maximum absolute atomic E-state index is 3.95. The summed E-state index contributed by atoms with van der Waals surface area (Å²) in [5, 5.41) is 0. The molecule has 1 aromatic rings. The van der Waals surface area contributed by atoms with Crippen LogP contribution in [0.2, 0.25) is 0 Å². The van der Waals surface area contributed by atoms with Crippen molar-refractivity contribution in [3.8, 4) is 0 Å². The molecule has 0 aliphatic heterocycles. The smallest absolute Gasteiger partial charge is 0.105 e. The van der Waals surface area contributed by atoms with Gasteiger partial charge < -0.3 is 25.9 Å². The van der Waals surface area contributed by atoms with Crippen molar-refractivity contribution in [2.45, 2.75) is 40.8 Å². The minimum atomic E-state index is 0. The fraction of sp³-hybridized carbons (Fsp3) is 0.545. The van der Waals surface area contributed by atoms with Gasteiger partial charge in [0.2, 0.25) is 0 Å². The van der Waals surface area contributed by atoms with Gasteiger partial charge >= 0.3 is 0 Å². The first-order valence-electron chi connectivity index (χ1n) is 9.52. The predicted molar refractivity (Wildman–Crippen MR) is 107 cm³/mol. The number of hydrogen-bond donors (Lipinski definition) is 0. The monoisotopic (exact) mass is 409 g/mol. The van der Waals surface area contributed by atoms with Gasteiger partial charge in [0.1, 0.15) is 13.1 Å². The highest BCUT2D eigenvalue weighted by molar-refractivity contribution is 5.21. The van der Waals surface area contributed by atoms with Gasteiger partial charge in [-0.3, -0.25) is 0 Å². The Labute approximate surface area is 166 Å². The number of nitrogens with zero attached hydrogens (tertiary/aromatic N) is 2. The van der Waals surface area contributed by atoms with Crippen molar-refractivity contribution >= 4 is 0 Å². The summed E-state index contributed by atoms with van der Waals surface area (Å²) < 4.78 is 2.17. The molecule has 142 valence electrons. The van der Waals surface area contributed by atoms with Gasteiger partial charge in [0, 0.05) is 11.1 Å². The van der Waals surface area contributed by atoms with E-state index in [0.29, 0.717) is 0 Å². The summed E-state index contributed by atoms with van der Waals surface area (Å²) in [5.74, 6) is 0. The molecule has 0 saturated carbocycles. The third-order valence-corrected chi connectivity index (χ3v) is 5.78. The largest absolute Gasteiger partial charge is 1.00 e. The van der Waals surface area contributed by atoms with Gasteiger partial charge in [-0.15, -0.1) is 0 Å². The van der Waals surface area contributed by atoms with Crippen LogP contribution in [0.3, 0.4) is 0 Å². The van der Waals surface area contributed by atoms with Crippen LogP contribution >= 0.6 is 0 Å². The molecule has 0 fully saturated rings. The van der Waals surface area contributed by atoms with Crippen molar-refractivity contribution in [3.05, 3.63) is 60.7 Å². The quantitative estimate of drug-likeness (QED) is 0.364. The molecule has 0 radical (unpaired) electrons. The summed E-state index contributed by atoms with van der Waals surface area (Å²) >= 11 is 0. The van der Waals surface area contributed by atoms with Crippen molar-refractivity contribution in [1.29, 1.82) is 0 Å². The molecule has 0 bridgehead atoms. The van der Waals surface area contributed by atoms with Gasteiger partial charge in [0.15, 0.2) is 0 Å². The zero-order chi connectivity index (χ0) is 18.1. The van der Waals surface area contributed by atoms with Gasteiger partial charge in [0.05, 0.1) is 39.3 Å². The number of quaternary nitrogens is 2. The SMILES string of the molecule is C=CC[N+](CC)(CC)Cc1ccc(C[N+](CC)(CC)CC=C)cc1.[Br-]. The Morgan fingerprint density at radius 3 is 1.16 bits per heavy atom. The third kappa shape index (κ3) is 6.73. The fourth-order valence-electron chi connectivity index (χ4n) is 3.61. The molecule has 0 heterocycles. The molecule has 0 aliphatic rings. The summed E-state index contributed by atoms with van der Waals surface area (Å²) in [5.41, 5.74) is 2.86. The highest BCUT2D eigenvalue weighted by atomic mass is 79.9. The van der Waals surface area contributed by atoms with Crippen molar-refractivity contribution in [2.24, 2.45) is 0 Å². The summed E-state index contributed by atoms with van der Waals surface area (Å²) in [6.45, 7) is 25.9. The van der Waals surface area contributed by atoms with Crippen LogP contribution in [-0.4, -0.2) is 48.2 Å². The maximum Gasteiger partial charge on any atom is 0.105 e. The first-order valence-corrected chi connectivity index (χ1v) is 9.52. The van der Waals surface area contributed by atoms with Crippen LogP contribution in [0.4, 0.5) is 0 Å². The van der Waals surface area contributed by atoms with E-state index in [1.165, 1.54) is 11.1 Å². The van der Waals surface area contributed by atoms with Gasteiger partial charge in [-0.1, -0.05) is 37.4 Å². The van der Waals surface area contributed by atoms with Crippen LogP contribution < -0.4 is 17.0 Å². The van der Waals surface area contributed by atoms with Crippen molar-refractivity contribution < 1.29 is 25.9 Å². The van der Waals surface area contributed by atoms with E-state index in [0.717, 1.165) is 61.3 Å². The highest BCUT2D eigenvalue weighted by Crippen LogP contribution is 2.18. The summed E-state index contributed by atoms with van der Waals surface area (Å²) in [7, 11) is 0. The van der Waals surface area contributed by atoms with Crippen molar-refractivity contribution in [3.63, 3.8) is 0 Å². The summed E-state index contributed by atoms with van der Waals surface area (Å²) in [6.07, 6.45) is 4.12. The highest BCUT2D eigenvalue weighted by Gasteiger charge is 2.24. The molecule has 0 N–H and O–H groups in total. The van der Waals surface area contributed by atoms with E-state index in [-0.39, 0.29) is 17.0 Å². The van der Waals surface area contributed by atoms with Crippen LogP contribution in [0, 0.1) is 0 Å². The molecule has 3 heteroatoms. The Morgan fingerprint density at radius 1 is 0.680 bits per heavy atom. The lowest BCUT2D eigenvalue weighted by molar-refractivity contribution is -0.932. The standard InChI is InChI=1S/C22H38N2.BrH/c1-7-17-23(9-3,10-4)19-21-13-15-22(16-14-21)20-24(11-5,12-6)18-8-2;/h7-8,13-16H,1-2,9-12,17-20H2,3-6H3;1H/q+2;/p-1. The topological polar surface area (TPSA) is 0 Å². The Bertz CT molecular complexity index is 452. The second kappa shape index (κ2) is 11.7. The normalized spacial score (nSPS) is 11.7. The van der Waals surface area contributed by atoms with Crippen LogP contribution in [-0.2, 0) is 13.1 Å². The minimum Gasteiger partial charge on any atom is -1.00 e. The summed E-state index contributed by atoms with van der Waals surface area (Å²) in [6, 6.07) is 9.30. The van der Waals surface area contributed by atoms with E-state index in [9.17, 15) is 0 Å². The van der Waals surface area contributed by atoms with E-state index < -0.39 is 0 Å². The molecule has 1 rings (SSSR count). The average molecular weight is 410 g/mol. The average Bonchev–Trinajstić information content (AvgIpc) is 2.62. The Balaban J connectivity index is 0.00000576. The zero-order valence-corrected chi connectivity index (χ0v) is 18.4. The lowest BCUT2D eigenvalue weighted by Crippen LogP contribution is -3.00. The Morgan fingerprint density at radius 2 is 0.960 bits per heavy atom. The van der Waals surface area contributed by atoms with E-state index >= 15 is 0 Å². The van der Waals surface area contributed by atoms with E-state index in [4.69, 9.17) is 0 Å². The van der Waals surface area contributed by atoms with Crippen molar-refractivity contribution in [1.82, 2.24) is 0 Å². The number of likely N-dealkylation sites (N-methyl/N-ethyl adjacent to an activating group) is 2. The first kappa shape index (κ1) is 24.1. The molecule has 0 aliphatic carbocycles. The molecule has 0 saturated heterocycles. The lowest BCUT2D eigenvalue weighted by Gasteiger charge is -2.37. The fourth-order valence-corrected chi connectivity index (χ4v) is 3.61. The zero-order valence-electron chi connectivity index (χ0n) is 16.8. The molecule has 0 aromatic heterocycles. The molecule has 0 unspecified atom stereocenters. The number of rotatable bonds is 12. The number of halogens is 1. The van der Waals surface area contributed by atoms with Crippen LogP contribution in [0.15, 0.2) is 49.6 Å². The van der Waals surface area contributed by atoms with Crippen LogP contribution in [0.5, 0.6) is 0 Å². The molecule has 0 amide bonds. The molecule has 1 aromatic carbocycles. The lowest BCUT2D eigenvalue weighted by atomic mass is 10.1. The maximum atomic E-state index is 3.95. The predicted octanol–water partition coefficient (Wildman–Crippen LogP) is 1.78.